The van der Waals surface area contributed by atoms with Gasteiger partial charge in [0.15, 0.2) is 0 Å². The zero-order chi connectivity index (χ0) is 23.4. The predicted octanol–water partition coefficient (Wildman–Crippen LogP) is 4.41. The largest absolute Gasteiger partial charge is 0.478 e. The number of benzene rings is 2. The van der Waals surface area contributed by atoms with Gasteiger partial charge in [-0.25, -0.2) is 19.8 Å². The molecule has 1 heterocycles. The lowest BCUT2D eigenvalue weighted by molar-refractivity contribution is 0.0696. The van der Waals surface area contributed by atoms with Crippen LogP contribution in [0.15, 0.2) is 58.1 Å². The molecule has 9 nitrogen and oxygen atoms in total. The molecule has 3 rings (SSSR count). The molecule has 0 bridgehead atoms. The highest BCUT2D eigenvalue weighted by Gasteiger charge is 2.16. The predicted molar refractivity (Wildman–Crippen MR) is 123 cm³/mol. The molecule has 0 saturated heterocycles. The molecule has 0 atom stereocenters. The number of aromatic carboxylic acids is 2. The number of halogens is 1. The van der Waals surface area contributed by atoms with Crippen LogP contribution in [0, 0.1) is 13.8 Å². The summed E-state index contributed by atoms with van der Waals surface area (Å²) in [5, 5.41) is 25.3. The number of carboxylic acid groups (broad SMARTS) is 2. The maximum atomic E-state index is 12.0. The van der Waals surface area contributed by atoms with Gasteiger partial charge in [0.1, 0.15) is 0 Å². The molecule has 164 valence electrons. The van der Waals surface area contributed by atoms with Crippen LogP contribution in [0.3, 0.4) is 0 Å². The van der Waals surface area contributed by atoms with Crippen LogP contribution in [0.2, 0.25) is 0 Å². The first kappa shape index (κ1) is 22.8. The summed E-state index contributed by atoms with van der Waals surface area (Å²) in [5.41, 5.74) is 5.22. The summed E-state index contributed by atoms with van der Waals surface area (Å²) in [6, 6.07) is 12.3. The third kappa shape index (κ3) is 5.22. The molecule has 0 fully saturated rings. The monoisotopic (exact) mass is 498 g/mol. The summed E-state index contributed by atoms with van der Waals surface area (Å²) in [6.07, 6.45) is 1.46. The van der Waals surface area contributed by atoms with Gasteiger partial charge < -0.3 is 20.1 Å². The Hall–Kier alpha value is -3.92. The van der Waals surface area contributed by atoms with Gasteiger partial charge in [0.05, 0.1) is 17.3 Å². The maximum absolute atomic E-state index is 12.0. The molecular formula is C22H19BrN4O5. The molecule has 3 aromatic rings. The first-order valence-corrected chi connectivity index (χ1v) is 10.1. The minimum Gasteiger partial charge on any atom is -0.478 e. The van der Waals surface area contributed by atoms with Gasteiger partial charge in [-0.2, -0.15) is 5.10 Å². The van der Waals surface area contributed by atoms with Crippen molar-refractivity contribution in [3.05, 3.63) is 81.1 Å². The Bertz CT molecular complexity index is 1220. The third-order valence-electron chi connectivity index (χ3n) is 4.59. The summed E-state index contributed by atoms with van der Waals surface area (Å²) in [6.45, 7) is 3.58. The van der Waals surface area contributed by atoms with Gasteiger partial charge >= 0.3 is 18.0 Å². The van der Waals surface area contributed by atoms with Crippen molar-refractivity contribution in [3.63, 3.8) is 0 Å². The van der Waals surface area contributed by atoms with Gasteiger partial charge in [-0.15, -0.1) is 0 Å². The fourth-order valence-electron chi connectivity index (χ4n) is 3.19. The van der Waals surface area contributed by atoms with Crippen molar-refractivity contribution in [2.75, 3.05) is 5.32 Å². The number of carbonyl (C=O) groups is 3. The van der Waals surface area contributed by atoms with Gasteiger partial charge in [-0.3, -0.25) is 0 Å². The SMILES string of the molecule is Cc1cc(/C=N/NC(=O)Nc2cccc(Br)c2)c(C)n1-c1cc(C(=O)O)cc(C(=O)O)c1. The number of urea groups is 1. The average molecular weight is 499 g/mol. The van der Waals surface area contributed by atoms with E-state index in [1.54, 1.807) is 42.7 Å². The molecule has 4 N–H and O–H groups in total. The van der Waals surface area contributed by atoms with Crippen molar-refractivity contribution in [1.82, 2.24) is 9.99 Å². The lowest BCUT2D eigenvalue weighted by Gasteiger charge is -2.12. The molecule has 10 heteroatoms. The minimum absolute atomic E-state index is 0.131. The van der Waals surface area contributed by atoms with Crippen molar-refractivity contribution in [1.29, 1.82) is 0 Å². The van der Waals surface area contributed by atoms with Crippen LogP contribution < -0.4 is 10.7 Å². The Morgan fingerprint density at radius 2 is 1.66 bits per heavy atom. The van der Waals surface area contributed by atoms with Crippen LogP contribution in [-0.4, -0.2) is 39.0 Å². The van der Waals surface area contributed by atoms with E-state index in [4.69, 9.17) is 0 Å². The highest BCUT2D eigenvalue weighted by atomic mass is 79.9. The molecule has 1 aromatic heterocycles. The molecule has 0 saturated carbocycles. The summed E-state index contributed by atoms with van der Waals surface area (Å²) in [7, 11) is 0. The Morgan fingerprint density at radius 1 is 1.00 bits per heavy atom. The Morgan fingerprint density at radius 3 is 2.25 bits per heavy atom. The number of hydrogen-bond acceptors (Lipinski definition) is 4. The van der Waals surface area contributed by atoms with Crippen LogP contribution in [0.1, 0.15) is 37.7 Å². The topological polar surface area (TPSA) is 133 Å². The molecule has 0 aliphatic heterocycles. The number of anilines is 1. The van der Waals surface area contributed by atoms with E-state index in [2.05, 4.69) is 31.8 Å². The molecule has 0 aliphatic rings. The van der Waals surface area contributed by atoms with Crippen molar-refractivity contribution in [3.8, 4) is 5.69 Å². The second-order valence-corrected chi connectivity index (χ2v) is 7.79. The zero-order valence-electron chi connectivity index (χ0n) is 17.1. The lowest BCUT2D eigenvalue weighted by Crippen LogP contribution is -2.24. The van der Waals surface area contributed by atoms with Crippen LogP contribution in [-0.2, 0) is 0 Å². The number of amides is 2. The zero-order valence-corrected chi connectivity index (χ0v) is 18.7. The number of carbonyl (C=O) groups excluding carboxylic acids is 1. The lowest BCUT2D eigenvalue weighted by atomic mass is 10.1. The van der Waals surface area contributed by atoms with Gasteiger partial charge in [-0.05, 0) is 56.3 Å². The van der Waals surface area contributed by atoms with Crippen molar-refractivity contribution in [2.45, 2.75) is 13.8 Å². The second-order valence-electron chi connectivity index (χ2n) is 6.88. The molecular weight excluding hydrogens is 480 g/mol. The highest BCUT2D eigenvalue weighted by molar-refractivity contribution is 9.10. The van der Waals surface area contributed by atoms with E-state index in [-0.39, 0.29) is 11.1 Å². The minimum atomic E-state index is -1.22. The Labute approximate surface area is 191 Å². The number of nitrogens with zero attached hydrogens (tertiary/aromatic N) is 2. The van der Waals surface area contributed by atoms with E-state index >= 15 is 0 Å². The summed E-state index contributed by atoms with van der Waals surface area (Å²) in [4.78, 5) is 34.9. The normalized spacial score (nSPS) is 10.8. The number of nitrogens with one attached hydrogen (secondary N) is 2. The number of rotatable bonds is 6. The van der Waals surface area contributed by atoms with E-state index in [0.29, 0.717) is 22.6 Å². The van der Waals surface area contributed by atoms with Crippen molar-refractivity contribution >= 4 is 45.8 Å². The van der Waals surface area contributed by atoms with E-state index in [0.717, 1.165) is 16.2 Å². The Balaban J connectivity index is 1.83. The quantitative estimate of drug-likeness (QED) is 0.295. The van der Waals surface area contributed by atoms with Gasteiger partial charge in [-0.1, -0.05) is 22.0 Å². The van der Waals surface area contributed by atoms with E-state index in [1.165, 1.54) is 18.3 Å². The highest BCUT2D eigenvalue weighted by Crippen LogP contribution is 2.22. The van der Waals surface area contributed by atoms with E-state index in [1.807, 2.05) is 6.07 Å². The number of aromatic nitrogens is 1. The third-order valence-corrected chi connectivity index (χ3v) is 5.09. The van der Waals surface area contributed by atoms with Crippen LogP contribution in [0.25, 0.3) is 5.69 Å². The number of carboxylic acids is 2. The molecule has 0 radical (unpaired) electrons. The first-order chi connectivity index (χ1) is 15.2. The van der Waals surface area contributed by atoms with E-state index < -0.39 is 18.0 Å². The smallest absolute Gasteiger partial charge is 0.339 e. The fraction of sp³-hybridized carbons (Fsp3) is 0.0909. The van der Waals surface area contributed by atoms with Crippen molar-refractivity contribution < 1.29 is 24.6 Å². The molecule has 0 spiro atoms. The fourth-order valence-corrected chi connectivity index (χ4v) is 3.59. The Kier molecular flexibility index (Phi) is 6.74. The van der Waals surface area contributed by atoms with Crippen LogP contribution in [0.5, 0.6) is 0 Å². The summed E-state index contributed by atoms with van der Waals surface area (Å²) in [5.74, 6) is -2.45. The number of hydrogen-bond donors (Lipinski definition) is 4. The first-order valence-electron chi connectivity index (χ1n) is 9.32. The van der Waals surface area contributed by atoms with Crippen LogP contribution >= 0.6 is 15.9 Å². The molecule has 2 aromatic carbocycles. The molecule has 0 aliphatic carbocycles. The van der Waals surface area contributed by atoms with Crippen LogP contribution in [0.4, 0.5) is 10.5 Å². The summed E-state index contributed by atoms with van der Waals surface area (Å²) < 4.78 is 2.55. The number of aryl methyl sites for hydroxylation is 1. The maximum Gasteiger partial charge on any atom is 0.339 e. The standard InChI is InChI=1S/C22H19BrN4O5/c1-12-6-16(11-24-26-22(32)25-18-5-3-4-17(23)10-18)13(2)27(12)19-8-14(20(28)29)7-15(9-19)21(30)31/h3-11H,1-2H3,(H,28,29)(H,30,31)(H2,25,26,32)/b24-11+. The molecule has 0 unspecified atom stereocenters. The van der Waals surface area contributed by atoms with Gasteiger partial charge in [0.25, 0.3) is 0 Å². The molecule has 32 heavy (non-hydrogen) atoms. The van der Waals surface area contributed by atoms with E-state index in [9.17, 15) is 24.6 Å². The van der Waals surface area contributed by atoms with Crippen molar-refractivity contribution in [2.24, 2.45) is 5.10 Å². The van der Waals surface area contributed by atoms with Gasteiger partial charge in [0.2, 0.25) is 0 Å². The second kappa shape index (κ2) is 9.48. The molecule has 2 amide bonds. The van der Waals surface area contributed by atoms with Gasteiger partial charge in [0, 0.05) is 32.8 Å². The summed E-state index contributed by atoms with van der Waals surface area (Å²) >= 11 is 3.33. The number of hydrazone groups is 1. The average Bonchev–Trinajstić information content (AvgIpc) is 3.00.